The van der Waals surface area contributed by atoms with Crippen LogP contribution in [0.1, 0.15) is 49.7 Å². The number of nitrogens with zero attached hydrogens (tertiary/aromatic N) is 2. The Balaban J connectivity index is 3.09. The van der Waals surface area contributed by atoms with E-state index in [-0.39, 0.29) is 12.6 Å². The van der Waals surface area contributed by atoms with E-state index in [1.54, 1.807) is 11.6 Å². The predicted octanol–water partition coefficient (Wildman–Crippen LogP) is 1.90. The second kappa shape index (κ2) is 6.54. The van der Waals surface area contributed by atoms with Crippen molar-refractivity contribution in [1.29, 1.82) is 0 Å². The topological polar surface area (TPSA) is 64.4 Å². The molecule has 0 aromatic carbocycles. The number of aryl methyl sites for hydroxylation is 1. The summed E-state index contributed by atoms with van der Waals surface area (Å²) < 4.78 is 6.77. The van der Waals surface area contributed by atoms with E-state index in [4.69, 9.17) is 4.74 Å². The fourth-order valence-electron chi connectivity index (χ4n) is 2.08. The zero-order chi connectivity index (χ0) is 13.7. The van der Waals surface area contributed by atoms with Crippen molar-refractivity contribution in [2.45, 2.75) is 53.2 Å². The third-order valence-electron chi connectivity index (χ3n) is 3.05. The first-order valence-electron chi connectivity index (χ1n) is 6.38. The molecule has 1 N–H and O–H groups in total. The summed E-state index contributed by atoms with van der Waals surface area (Å²) in [7, 11) is 0. The molecular weight excluding hydrogens is 232 g/mol. The lowest BCUT2D eigenvalue weighted by atomic mass is 10.1. The Bertz CT molecular complexity index is 413. The molecule has 1 heterocycles. The molecule has 0 bridgehead atoms. The lowest BCUT2D eigenvalue weighted by Gasteiger charge is -2.17. The molecule has 1 aromatic heterocycles. The number of aliphatic hydroxyl groups is 1. The average molecular weight is 254 g/mol. The number of aromatic nitrogens is 2. The number of hydrogen-bond acceptors (Lipinski definition) is 4. The molecule has 0 amide bonds. The summed E-state index contributed by atoms with van der Waals surface area (Å²) in [6.45, 7) is 7.83. The summed E-state index contributed by atoms with van der Waals surface area (Å²) in [6.07, 6.45) is 1.56. The van der Waals surface area contributed by atoms with Gasteiger partial charge in [-0.3, -0.25) is 4.68 Å². The van der Waals surface area contributed by atoms with Gasteiger partial charge in [-0.1, -0.05) is 13.3 Å². The molecule has 1 rings (SSSR count). The summed E-state index contributed by atoms with van der Waals surface area (Å²) in [5.74, 6) is -0.255. The standard InChI is InChI=1S/C13H22N2O3/c1-5-7-12(13(17)18-6-2)15-10(4)11(8-16)9(3)14-15/h12,16H,5-8H2,1-4H3. The smallest absolute Gasteiger partial charge is 0.330 e. The Hall–Kier alpha value is -1.36. The minimum absolute atomic E-state index is 0.0562. The molecule has 0 spiro atoms. The molecule has 1 atom stereocenters. The fraction of sp³-hybridized carbons (Fsp3) is 0.692. The van der Waals surface area contributed by atoms with Gasteiger partial charge in [0, 0.05) is 11.3 Å². The normalized spacial score (nSPS) is 12.5. The van der Waals surface area contributed by atoms with E-state index in [0.29, 0.717) is 13.0 Å². The van der Waals surface area contributed by atoms with Crippen molar-refractivity contribution in [3.05, 3.63) is 17.0 Å². The van der Waals surface area contributed by atoms with Crippen molar-refractivity contribution in [1.82, 2.24) is 9.78 Å². The third kappa shape index (κ3) is 2.90. The van der Waals surface area contributed by atoms with Crippen molar-refractivity contribution in [3.8, 4) is 0 Å². The lowest BCUT2D eigenvalue weighted by Crippen LogP contribution is -2.24. The number of carbonyl (C=O) groups excluding carboxylic acids is 1. The SMILES string of the molecule is CCCC(C(=O)OCC)n1nc(C)c(CO)c1C. The largest absolute Gasteiger partial charge is 0.464 e. The van der Waals surface area contributed by atoms with E-state index in [9.17, 15) is 9.90 Å². The Morgan fingerprint density at radius 1 is 1.44 bits per heavy atom. The zero-order valence-electron chi connectivity index (χ0n) is 11.6. The predicted molar refractivity (Wildman–Crippen MR) is 68.2 cm³/mol. The molecule has 0 aliphatic carbocycles. The summed E-state index contributed by atoms with van der Waals surface area (Å²) in [6, 6.07) is -0.394. The maximum Gasteiger partial charge on any atom is 0.330 e. The van der Waals surface area contributed by atoms with Crippen LogP contribution in [-0.2, 0) is 16.1 Å². The second-order valence-corrected chi connectivity index (χ2v) is 4.31. The van der Waals surface area contributed by atoms with E-state index in [1.165, 1.54) is 0 Å². The van der Waals surface area contributed by atoms with Crippen LogP contribution in [0.3, 0.4) is 0 Å². The summed E-state index contributed by atoms with van der Waals surface area (Å²) in [5.41, 5.74) is 2.39. The number of ether oxygens (including phenoxy) is 1. The number of hydrogen-bond donors (Lipinski definition) is 1. The van der Waals surface area contributed by atoms with Crippen LogP contribution >= 0.6 is 0 Å². The van der Waals surface area contributed by atoms with Crippen LogP contribution in [0.25, 0.3) is 0 Å². The number of esters is 1. The first-order valence-corrected chi connectivity index (χ1v) is 6.38. The maximum atomic E-state index is 11.9. The molecule has 102 valence electrons. The Labute approximate surface area is 108 Å². The van der Waals surface area contributed by atoms with Crippen LogP contribution in [0.2, 0.25) is 0 Å². The second-order valence-electron chi connectivity index (χ2n) is 4.31. The van der Waals surface area contributed by atoms with Gasteiger partial charge < -0.3 is 9.84 Å². The van der Waals surface area contributed by atoms with Gasteiger partial charge in [0.1, 0.15) is 6.04 Å². The number of aliphatic hydroxyl groups excluding tert-OH is 1. The molecule has 0 aliphatic heterocycles. The first kappa shape index (κ1) is 14.7. The van der Waals surface area contributed by atoms with Crippen LogP contribution < -0.4 is 0 Å². The number of rotatable bonds is 6. The van der Waals surface area contributed by atoms with Crippen LogP contribution in [0.4, 0.5) is 0 Å². The van der Waals surface area contributed by atoms with Gasteiger partial charge in [0.05, 0.1) is 18.9 Å². The molecule has 0 saturated carbocycles. The van der Waals surface area contributed by atoms with Crippen molar-refractivity contribution >= 4 is 5.97 Å². The molecule has 1 unspecified atom stereocenters. The summed E-state index contributed by atoms with van der Waals surface area (Å²) >= 11 is 0. The first-order chi connectivity index (χ1) is 8.56. The molecule has 0 radical (unpaired) electrons. The fourth-order valence-corrected chi connectivity index (χ4v) is 2.08. The third-order valence-corrected chi connectivity index (χ3v) is 3.05. The highest BCUT2D eigenvalue weighted by molar-refractivity contribution is 5.74. The van der Waals surface area contributed by atoms with Gasteiger partial charge in [0.15, 0.2) is 0 Å². The van der Waals surface area contributed by atoms with Gasteiger partial charge >= 0.3 is 5.97 Å². The van der Waals surface area contributed by atoms with E-state index in [2.05, 4.69) is 5.10 Å². The summed E-state index contributed by atoms with van der Waals surface area (Å²) in [4.78, 5) is 11.9. The highest BCUT2D eigenvalue weighted by atomic mass is 16.5. The molecular formula is C13H22N2O3. The molecule has 5 heteroatoms. The van der Waals surface area contributed by atoms with Gasteiger partial charge in [-0.05, 0) is 27.2 Å². The van der Waals surface area contributed by atoms with Crippen molar-refractivity contribution < 1.29 is 14.6 Å². The van der Waals surface area contributed by atoms with Crippen molar-refractivity contribution in [3.63, 3.8) is 0 Å². The Morgan fingerprint density at radius 2 is 2.11 bits per heavy atom. The van der Waals surface area contributed by atoms with E-state index < -0.39 is 6.04 Å². The van der Waals surface area contributed by atoms with Crippen LogP contribution in [-0.4, -0.2) is 27.5 Å². The van der Waals surface area contributed by atoms with Gasteiger partial charge in [-0.2, -0.15) is 5.10 Å². The van der Waals surface area contributed by atoms with Crippen LogP contribution in [0.5, 0.6) is 0 Å². The van der Waals surface area contributed by atoms with Crippen LogP contribution in [0.15, 0.2) is 0 Å². The minimum atomic E-state index is -0.394. The Kier molecular flexibility index (Phi) is 5.34. The summed E-state index contributed by atoms with van der Waals surface area (Å²) in [5, 5.41) is 13.7. The Morgan fingerprint density at radius 3 is 2.56 bits per heavy atom. The van der Waals surface area contributed by atoms with Gasteiger partial charge in [-0.25, -0.2) is 4.79 Å². The average Bonchev–Trinajstić information content (AvgIpc) is 2.61. The van der Waals surface area contributed by atoms with Crippen molar-refractivity contribution in [2.75, 3.05) is 6.61 Å². The molecule has 1 aromatic rings. The maximum absolute atomic E-state index is 11.9. The minimum Gasteiger partial charge on any atom is -0.464 e. The van der Waals surface area contributed by atoms with Gasteiger partial charge in [0.2, 0.25) is 0 Å². The molecule has 5 nitrogen and oxygen atoms in total. The van der Waals surface area contributed by atoms with Gasteiger partial charge in [-0.15, -0.1) is 0 Å². The van der Waals surface area contributed by atoms with Crippen molar-refractivity contribution in [2.24, 2.45) is 0 Å². The van der Waals surface area contributed by atoms with E-state index in [1.807, 2.05) is 20.8 Å². The molecule has 0 saturated heterocycles. The molecule has 0 fully saturated rings. The van der Waals surface area contributed by atoms with E-state index in [0.717, 1.165) is 23.4 Å². The number of carbonyl (C=O) groups is 1. The quantitative estimate of drug-likeness (QED) is 0.787. The van der Waals surface area contributed by atoms with Gasteiger partial charge in [0.25, 0.3) is 0 Å². The molecule has 18 heavy (non-hydrogen) atoms. The lowest BCUT2D eigenvalue weighted by molar-refractivity contribution is -0.147. The highest BCUT2D eigenvalue weighted by Gasteiger charge is 2.25. The van der Waals surface area contributed by atoms with Crippen LogP contribution in [0, 0.1) is 13.8 Å². The molecule has 0 aliphatic rings. The highest BCUT2D eigenvalue weighted by Crippen LogP contribution is 2.22. The van der Waals surface area contributed by atoms with E-state index >= 15 is 0 Å². The zero-order valence-corrected chi connectivity index (χ0v) is 11.6. The monoisotopic (exact) mass is 254 g/mol.